The van der Waals surface area contributed by atoms with E-state index in [0.29, 0.717) is 31.7 Å². The quantitative estimate of drug-likeness (QED) is 0.526. The Kier molecular flexibility index (Phi) is 7.48. The van der Waals surface area contributed by atoms with Gasteiger partial charge in [-0.25, -0.2) is 4.79 Å². The normalized spacial score (nSPS) is 15.2. The molecule has 1 unspecified atom stereocenters. The van der Waals surface area contributed by atoms with E-state index in [4.69, 9.17) is 9.47 Å². The van der Waals surface area contributed by atoms with Gasteiger partial charge < -0.3 is 30.5 Å². The molecule has 0 aromatic heterocycles. The highest BCUT2D eigenvalue weighted by Gasteiger charge is 2.23. The zero-order valence-corrected chi connectivity index (χ0v) is 17.9. The number of alkyl carbamates (subject to hydrolysis) is 1. The summed E-state index contributed by atoms with van der Waals surface area (Å²) in [4.78, 5) is 23.3. The molecule has 0 fully saturated rings. The lowest BCUT2D eigenvalue weighted by molar-refractivity contribution is -0.116. The van der Waals surface area contributed by atoms with Crippen molar-refractivity contribution in [2.75, 3.05) is 25.0 Å². The number of carbonyl (C=O) groups excluding carboxylic acids is 2. The maximum absolute atomic E-state index is 11.8. The lowest BCUT2D eigenvalue weighted by Gasteiger charge is -2.29. The molecule has 1 atom stereocenters. The summed E-state index contributed by atoms with van der Waals surface area (Å²) < 4.78 is 11.0. The topological polar surface area (TPSA) is 109 Å². The Bertz CT molecular complexity index is 728. The van der Waals surface area contributed by atoms with Crippen molar-refractivity contribution in [3.8, 4) is 5.75 Å². The Balaban J connectivity index is 1.77. The molecule has 0 radical (unpaired) electrons. The lowest BCUT2D eigenvalue weighted by Crippen LogP contribution is -2.52. The van der Waals surface area contributed by atoms with Gasteiger partial charge in [0.25, 0.3) is 0 Å². The summed E-state index contributed by atoms with van der Waals surface area (Å²) in [7, 11) is 0. The van der Waals surface area contributed by atoms with Crippen molar-refractivity contribution in [3.05, 3.63) is 23.8 Å². The van der Waals surface area contributed by atoms with Crippen molar-refractivity contribution in [1.29, 1.82) is 0 Å². The van der Waals surface area contributed by atoms with E-state index in [2.05, 4.69) is 16.0 Å². The fraction of sp³-hybridized carbons (Fsp3) is 0.619. The highest BCUT2D eigenvalue weighted by molar-refractivity contribution is 5.94. The molecule has 162 valence electrons. The number of benzene rings is 1. The first-order chi connectivity index (χ1) is 13.5. The van der Waals surface area contributed by atoms with Crippen molar-refractivity contribution >= 4 is 17.7 Å². The van der Waals surface area contributed by atoms with Gasteiger partial charge in [-0.3, -0.25) is 4.79 Å². The standard InChI is InChI=1S/C21H33N3O5/c1-20(2,3)29-19(27)22-13-21(4,5)23-11-14(25)12-28-17-8-6-7-16-15(17)9-10-18(26)24-16/h6-8,14,23,25H,9-13H2,1-5H3,(H,22,27)(H,24,26). The Labute approximate surface area is 172 Å². The average molecular weight is 408 g/mol. The zero-order chi connectivity index (χ0) is 21.7. The van der Waals surface area contributed by atoms with E-state index in [0.717, 1.165) is 11.3 Å². The maximum Gasteiger partial charge on any atom is 0.407 e. The summed E-state index contributed by atoms with van der Waals surface area (Å²) in [6.07, 6.45) is -0.159. The van der Waals surface area contributed by atoms with Crippen LogP contribution in [0.4, 0.5) is 10.5 Å². The molecular formula is C21H33N3O5. The second kappa shape index (κ2) is 9.45. The molecule has 1 heterocycles. The van der Waals surface area contributed by atoms with Crippen molar-refractivity contribution in [2.24, 2.45) is 0 Å². The summed E-state index contributed by atoms with van der Waals surface area (Å²) in [6.45, 7) is 10.0. The van der Waals surface area contributed by atoms with Crippen LogP contribution in [0.25, 0.3) is 0 Å². The number of β-amino-alcohol motifs (C(OH)–C–C–N with tert-alkyl or cyclic N) is 1. The van der Waals surface area contributed by atoms with Crippen LogP contribution >= 0.6 is 0 Å². The minimum Gasteiger partial charge on any atom is -0.490 e. The molecule has 0 spiro atoms. The largest absolute Gasteiger partial charge is 0.490 e. The second-order valence-corrected chi connectivity index (χ2v) is 8.92. The minimum atomic E-state index is -0.732. The van der Waals surface area contributed by atoms with E-state index in [9.17, 15) is 14.7 Å². The number of anilines is 1. The number of nitrogens with one attached hydrogen (secondary N) is 3. The van der Waals surface area contributed by atoms with Crippen LogP contribution in [0, 0.1) is 0 Å². The molecule has 8 nitrogen and oxygen atoms in total. The molecule has 0 aliphatic carbocycles. The fourth-order valence-electron chi connectivity index (χ4n) is 2.84. The van der Waals surface area contributed by atoms with Crippen LogP contribution in [-0.4, -0.2) is 54.0 Å². The third-order valence-corrected chi connectivity index (χ3v) is 4.33. The summed E-state index contributed by atoms with van der Waals surface area (Å²) >= 11 is 0. The van der Waals surface area contributed by atoms with Gasteiger partial charge in [-0.05, 0) is 53.2 Å². The molecule has 4 N–H and O–H groups in total. The molecule has 1 aromatic carbocycles. The Hall–Kier alpha value is -2.32. The molecule has 0 bridgehead atoms. The van der Waals surface area contributed by atoms with Crippen LogP contribution in [0.5, 0.6) is 5.75 Å². The number of aliphatic hydroxyl groups is 1. The smallest absolute Gasteiger partial charge is 0.407 e. The first kappa shape index (κ1) is 23.0. The lowest BCUT2D eigenvalue weighted by atomic mass is 10.0. The number of aliphatic hydroxyl groups excluding tert-OH is 1. The van der Waals surface area contributed by atoms with E-state index in [1.54, 1.807) is 0 Å². The van der Waals surface area contributed by atoms with Crippen molar-refractivity contribution < 1.29 is 24.2 Å². The molecule has 1 aliphatic heterocycles. The molecule has 2 rings (SSSR count). The van der Waals surface area contributed by atoms with Crippen LogP contribution < -0.4 is 20.7 Å². The van der Waals surface area contributed by atoms with Gasteiger partial charge in [-0.1, -0.05) is 6.07 Å². The molecular weight excluding hydrogens is 374 g/mol. The van der Waals surface area contributed by atoms with E-state index in [1.165, 1.54) is 0 Å². The van der Waals surface area contributed by atoms with Crippen molar-refractivity contribution in [2.45, 2.75) is 64.7 Å². The molecule has 0 saturated carbocycles. The number of hydrogen-bond donors (Lipinski definition) is 4. The predicted octanol–water partition coefficient (Wildman–Crippen LogP) is 2.20. The third kappa shape index (κ3) is 7.91. The highest BCUT2D eigenvalue weighted by atomic mass is 16.6. The number of amides is 2. The zero-order valence-electron chi connectivity index (χ0n) is 17.9. The van der Waals surface area contributed by atoms with Crippen LogP contribution in [0.1, 0.15) is 46.6 Å². The first-order valence-corrected chi connectivity index (χ1v) is 9.90. The van der Waals surface area contributed by atoms with Gasteiger partial charge in [0.15, 0.2) is 0 Å². The SMILES string of the molecule is CC(C)(CNC(=O)OC(C)(C)C)NCC(O)COc1cccc2c1CCC(=O)N2. The van der Waals surface area contributed by atoms with Gasteiger partial charge in [0.1, 0.15) is 24.1 Å². The van der Waals surface area contributed by atoms with Crippen LogP contribution in [0.15, 0.2) is 18.2 Å². The van der Waals surface area contributed by atoms with Gasteiger partial charge in [-0.15, -0.1) is 0 Å². The van der Waals surface area contributed by atoms with Gasteiger partial charge in [0.05, 0.1) is 0 Å². The number of ether oxygens (including phenoxy) is 2. The fourth-order valence-corrected chi connectivity index (χ4v) is 2.84. The number of rotatable bonds is 8. The Morgan fingerprint density at radius 1 is 1.24 bits per heavy atom. The third-order valence-electron chi connectivity index (χ3n) is 4.33. The first-order valence-electron chi connectivity index (χ1n) is 9.90. The summed E-state index contributed by atoms with van der Waals surface area (Å²) in [5.41, 5.74) is 0.734. The van der Waals surface area contributed by atoms with Gasteiger partial charge in [-0.2, -0.15) is 0 Å². The summed E-state index contributed by atoms with van der Waals surface area (Å²) in [5.74, 6) is 0.675. The molecule has 0 saturated heterocycles. The van der Waals surface area contributed by atoms with E-state index in [-0.39, 0.29) is 12.5 Å². The van der Waals surface area contributed by atoms with Crippen molar-refractivity contribution in [3.63, 3.8) is 0 Å². The minimum absolute atomic E-state index is 0.00103. The van der Waals surface area contributed by atoms with Crippen molar-refractivity contribution in [1.82, 2.24) is 10.6 Å². The second-order valence-electron chi connectivity index (χ2n) is 8.92. The molecule has 1 aliphatic rings. The molecule has 8 heteroatoms. The monoisotopic (exact) mass is 407 g/mol. The average Bonchev–Trinajstić information content (AvgIpc) is 2.61. The Morgan fingerprint density at radius 2 is 1.97 bits per heavy atom. The van der Waals surface area contributed by atoms with Crippen LogP contribution in [-0.2, 0) is 16.0 Å². The Morgan fingerprint density at radius 3 is 2.66 bits per heavy atom. The number of carbonyl (C=O) groups is 2. The number of fused-ring (bicyclic) bond motifs is 1. The number of hydrogen-bond acceptors (Lipinski definition) is 6. The summed E-state index contributed by atoms with van der Waals surface area (Å²) in [5, 5.41) is 19.1. The van der Waals surface area contributed by atoms with Gasteiger partial charge in [0.2, 0.25) is 5.91 Å². The van der Waals surface area contributed by atoms with Gasteiger partial charge in [0, 0.05) is 36.3 Å². The van der Waals surface area contributed by atoms with E-state index >= 15 is 0 Å². The maximum atomic E-state index is 11.8. The van der Waals surface area contributed by atoms with Gasteiger partial charge >= 0.3 is 6.09 Å². The predicted molar refractivity (Wildman–Crippen MR) is 111 cm³/mol. The van der Waals surface area contributed by atoms with Crippen LogP contribution in [0.2, 0.25) is 0 Å². The highest BCUT2D eigenvalue weighted by Crippen LogP contribution is 2.31. The van der Waals surface area contributed by atoms with E-state index < -0.39 is 23.3 Å². The molecule has 29 heavy (non-hydrogen) atoms. The van der Waals surface area contributed by atoms with Crippen LogP contribution in [0.3, 0.4) is 0 Å². The van der Waals surface area contributed by atoms with E-state index in [1.807, 2.05) is 52.8 Å². The molecule has 1 aromatic rings. The molecule has 2 amide bonds. The summed E-state index contributed by atoms with van der Waals surface area (Å²) in [6, 6.07) is 5.50.